The Morgan fingerprint density at radius 2 is 2.00 bits per heavy atom. The number of hydrogen-bond donors (Lipinski definition) is 0. The molecule has 1 heterocycles. The van der Waals surface area contributed by atoms with Gasteiger partial charge < -0.3 is 14.2 Å². The maximum atomic E-state index is 11.9. The van der Waals surface area contributed by atoms with Crippen LogP contribution in [0.3, 0.4) is 0 Å². The van der Waals surface area contributed by atoms with Crippen molar-refractivity contribution in [1.29, 1.82) is 0 Å². The monoisotopic (exact) mass is 321 g/mol. The number of carbonyl (C=O) groups excluding carboxylic acids is 1. The van der Waals surface area contributed by atoms with Crippen molar-refractivity contribution in [1.82, 2.24) is 4.98 Å². The molecule has 118 valence electrons. The molecule has 1 aromatic heterocycles. The lowest BCUT2D eigenvalue weighted by Crippen LogP contribution is -2.08. The minimum Gasteiger partial charge on any atom is -0.494 e. The highest BCUT2D eigenvalue weighted by Crippen LogP contribution is 2.26. The zero-order valence-corrected chi connectivity index (χ0v) is 13.5. The Morgan fingerprint density at radius 3 is 2.68 bits per heavy atom. The molecule has 0 amide bonds. The third kappa shape index (κ3) is 4.54. The third-order valence-electron chi connectivity index (χ3n) is 2.85. The van der Waals surface area contributed by atoms with E-state index in [9.17, 15) is 4.79 Å². The molecule has 0 radical (unpaired) electrons. The van der Waals surface area contributed by atoms with Gasteiger partial charge in [0.25, 0.3) is 0 Å². The van der Waals surface area contributed by atoms with Crippen LogP contribution in [-0.4, -0.2) is 37.9 Å². The summed E-state index contributed by atoms with van der Waals surface area (Å²) in [6.45, 7) is 3.49. The van der Waals surface area contributed by atoms with Crippen LogP contribution in [0, 0.1) is 0 Å². The van der Waals surface area contributed by atoms with E-state index in [4.69, 9.17) is 14.2 Å². The van der Waals surface area contributed by atoms with Gasteiger partial charge in [-0.15, -0.1) is 11.3 Å². The van der Waals surface area contributed by atoms with Crippen molar-refractivity contribution in [2.24, 2.45) is 0 Å². The van der Waals surface area contributed by atoms with Crippen LogP contribution in [0.25, 0.3) is 10.6 Å². The summed E-state index contributed by atoms with van der Waals surface area (Å²) in [4.78, 5) is 16.2. The lowest BCUT2D eigenvalue weighted by Gasteiger charge is -2.03. The lowest BCUT2D eigenvalue weighted by molar-refractivity contribution is 0.0462. The van der Waals surface area contributed by atoms with Gasteiger partial charge in [0.2, 0.25) is 0 Å². The molecule has 0 atom stereocenters. The van der Waals surface area contributed by atoms with Crippen LogP contribution in [0.4, 0.5) is 0 Å². The van der Waals surface area contributed by atoms with E-state index in [1.807, 2.05) is 31.2 Å². The summed E-state index contributed by atoms with van der Waals surface area (Å²) in [6, 6.07) is 7.64. The molecular weight excluding hydrogens is 302 g/mol. The molecule has 0 unspecified atom stereocenters. The predicted molar refractivity (Wildman–Crippen MR) is 85.5 cm³/mol. The minimum atomic E-state index is -0.399. The Balaban J connectivity index is 1.96. The molecule has 1 aromatic carbocycles. The van der Waals surface area contributed by atoms with Crippen LogP contribution in [-0.2, 0) is 9.47 Å². The molecule has 0 aliphatic rings. The van der Waals surface area contributed by atoms with E-state index in [1.165, 1.54) is 11.3 Å². The van der Waals surface area contributed by atoms with E-state index in [0.29, 0.717) is 31.9 Å². The Labute approximate surface area is 133 Å². The van der Waals surface area contributed by atoms with Gasteiger partial charge in [0, 0.05) is 31.1 Å². The molecule has 0 spiro atoms. The molecule has 0 fully saturated rings. The summed E-state index contributed by atoms with van der Waals surface area (Å²) in [5, 5.41) is 2.50. The second-order valence-electron chi connectivity index (χ2n) is 4.48. The summed E-state index contributed by atoms with van der Waals surface area (Å²) >= 11 is 1.42. The maximum Gasteiger partial charge on any atom is 0.357 e. The molecule has 0 aliphatic carbocycles. The van der Waals surface area contributed by atoms with Gasteiger partial charge in [0.1, 0.15) is 10.8 Å². The van der Waals surface area contributed by atoms with Crippen LogP contribution < -0.4 is 4.74 Å². The van der Waals surface area contributed by atoms with Gasteiger partial charge in [-0.05, 0) is 31.2 Å². The normalized spacial score (nSPS) is 10.5. The summed E-state index contributed by atoms with van der Waals surface area (Å²) in [5.41, 5.74) is 1.29. The van der Waals surface area contributed by atoms with Gasteiger partial charge in [-0.1, -0.05) is 0 Å². The Morgan fingerprint density at radius 1 is 1.23 bits per heavy atom. The number of carbonyl (C=O) groups is 1. The highest BCUT2D eigenvalue weighted by molar-refractivity contribution is 7.13. The molecule has 0 saturated carbocycles. The SMILES string of the molecule is CCOc1ccc(-c2nc(C(=O)OCCCOC)cs2)cc1. The van der Waals surface area contributed by atoms with Crippen LogP contribution in [0.15, 0.2) is 29.6 Å². The first-order valence-corrected chi connectivity index (χ1v) is 7.97. The number of nitrogens with zero attached hydrogens (tertiary/aromatic N) is 1. The molecule has 0 saturated heterocycles. The van der Waals surface area contributed by atoms with Crippen molar-refractivity contribution in [3.8, 4) is 16.3 Å². The molecule has 22 heavy (non-hydrogen) atoms. The molecule has 0 N–H and O–H groups in total. The number of aromatic nitrogens is 1. The first kappa shape index (κ1) is 16.5. The quantitative estimate of drug-likeness (QED) is 0.551. The molecule has 0 bridgehead atoms. The third-order valence-corrected chi connectivity index (χ3v) is 3.74. The Hall–Kier alpha value is -1.92. The van der Waals surface area contributed by atoms with E-state index >= 15 is 0 Å². The van der Waals surface area contributed by atoms with Crippen LogP contribution in [0.5, 0.6) is 5.75 Å². The number of rotatable bonds is 8. The predicted octanol–water partition coefficient (Wildman–Crippen LogP) is 3.40. The largest absolute Gasteiger partial charge is 0.494 e. The van der Waals surface area contributed by atoms with Crippen molar-refractivity contribution in [2.75, 3.05) is 26.9 Å². The van der Waals surface area contributed by atoms with Crippen LogP contribution >= 0.6 is 11.3 Å². The summed E-state index contributed by atoms with van der Waals surface area (Å²) in [7, 11) is 1.62. The summed E-state index contributed by atoms with van der Waals surface area (Å²) in [6.07, 6.45) is 0.679. The van der Waals surface area contributed by atoms with E-state index in [-0.39, 0.29) is 0 Å². The average Bonchev–Trinajstić information content (AvgIpc) is 3.02. The van der Waals surface area contributed by atoms with Crippen molar-refractivity contribution in [3.63, 3.8) is 0 Å². The van der Waals surface area contributed by atoms with Gasteiger partial charge in [0.05, 0.1) is 13.2 Å². The molecule has 6 heteroatoms. The minimum absolute atomic E-state index is 0.336. The standard InChI is InChI=1S/C16H19NO4S/c1-3-20-13-7-5-12(6-8-13)15-17-14(11-22-15)16(18)21-10-4-9-19-2/h5-8,11H,3-4,9-10H2,1-2H3. The van der Waals surface area contributed by atoms with Crippen molar-refractivity contribution >= 4 is 17.3 Å². The topological polar surface area (TPSA) is 57.7 Å². The van der Waals surface area contributed by atoms with Gasteiger partial charge in [-0.25, -0.2) is 9.78 Å². The summed E-state index contributed by atoms with van der Waals surface area (Å²) in [5.74, 6) is 0.421. The number of benzene rings is 1. The molecule has 2 rings (SSSR count). The number of ether oxygens (including phenoxy) is 3. The Bertz CT molecular complexity index is 594. The zero-order chi connectivity index (χ0) is 15.8. The second-order valence-corrected chi connectivity index (χ2v) is 5.34. The molecule has 0 aliphatic heterocycles. The van der Waals surface area contributed by atoms with Crippen molar-refractivity contribution in [2.45, 2.75) is 13.3 Å². The van der Waals surface area contributed by atoms with E-state index in [2.05, 4.69) is 4.98 Å². The highest BCUT2D eigenvalue weighted by Gasteiger charge is 2.13. The first-order valence-electron chi connectivity index (χ1n) is 7.09. The number of esters is 1. The fourth-order valence-corrected chi connectivity index (χ4v) is 2.60. The molecule has 5 nitrogen and oxygen atoms in total. The fraction of sp³-hybridized carbons (Fsp3) is 0.375. The lowest BCUT2D eigenvalue weighted by atomic mass is 10.2. The second kappa shape index (κ2) is 8.51. The number of methoxy groups -OCH3 is 1. The smallest absolute Gasteiger partial charge is 0.357 e. The fourth-order valence-electron chi connectivity index (χ4n) is 1.80. The van der Waals surface area contributed by atoms with Crippen LogP contribution in [0.1, 0.15) is 23.8 Å². The van der Waals surface area contributed by atoms with Crippen LogP contribution in [0.2, 0.25) is 0 Å². The van der Waals surface area contributed by atoms with E-state index in [0.717, 1.165) is 16.3 Å². The average molecular weight is 321 g/mol. The highest BCUT2D eigenvalue weighted by atomic mass is 32.1. The van der Waals surface area contributed by atoms with Gasteiger partial charge in [-0.3, -0.25) is 0 Å². The van der Waals surface area contributed by atoms with Gasteiger partial charge in [-0.2, -0.15) is 0 Å². The van der Waals surface area contributed by atoms with Gasteiger partial charge >= 0.3 is 5.97 Å². The van der Waals surface area contributed by atoms with Crippen molar-refractivity contribution in [3.05, 3.63) is 35.3 Å². The maximum absolute atomic E-state index is 11.9. The molecule has 2 aromatic rings. The molecular formula is C16H19NO4S. The van der Waals surface area contributed by atoms with Crippen molar-refractivity contribution < 1.29 is 19.0 Å². The number of thiazole rings is 1. The zero-order valence-electron chi connectivity index (χ0n) is 12.7. The summed E-state index contributed by atoms with van der Waals surface area (Å²) < 4.78 is 15.4. The van der Waals surface area contributed by atoms with Gasteiger partial charge in [0.15, 0.2) is 5.69 Å². The Kier molecular flexibility index (Phi) is 6.36. The number of hydrogen-bond acceptors (Lipinski definition) is 6. The van der Waals surface area contributed by atoms with E-state index < -0.39 is 5.97 Å². The van der Waals surface area contributed by atoms with E-state index in [1.54, 1.807) is 12.5 Å². The first-order chi connectivity index (χ1) is 10.7.